The summed E-state index contributed by atoms with van der Waals surface area (Å²) in [5.74, 6) is 0.154. The zero-order valence-electron chi connectivity index (χ0n) is 19.4. The second kappa shape index (κ2) is 8.84. The summed E-state index contributed by atoms with van der Waals surface area (Å²) in [6, 6.07) is -0.405. The zero-order chi connectivity index (χ0) is 22.1. The van der Waals surface area contributed by atoms with E-state index in [1.807, 2.05) is 0 Å². The molecule has 3 aliphatic rings. The minimum absolute atomic E-state index is 0.0561. The minimum Gasteiger partial charge on any atom is -0.346 e. The van der Waals surface area contributed by atoms with Crippen LogP contribution >= 0.6 is 0 Å². The quantitative estimate of drug-likeness (QED) is 0.572. The summed E-state index contributed by atoms with van der Waals surface area (Å²) in [4.78, 5) is 38.7. The summed E-state index contributed by atoms with van der Waals surface area (Å²) in [5.41, 5.74) is 3.88. The number of hydrogen-bond donors (Lipinski definition) is 0. The van der Waals surface area contributed by atoms with Crippen molar-refractivity contribution in [2.45, 2.75) is 59.4 Å². The standard InChI is InChI=1S/C23H36N5O2/c1-7-10-11-26-19-15-17(8-2)16(4)14-18(19)24-20-21(26)25-23(30)27(22(20)29)12-13-28(5,6)9-3/h14,19H,7-13,15H2,1-6H3/q+1. The number of rotatable bonds is 8. The van der Waals surface area contributed by atoms with Gasteiger partial charge >= 0.3 is 6.03 Å². The number of quaternary nitrogens is 1. The van der Waals surface area contributed by atoms with Crippen LogP contribution in [0, 0.1) is 0 Å². The van der Waals surface area contributed by atoms with E-state index in [1.54, 1.807) is 0 Å². The van der Waals surface area contributed by atoms with Crippen molar-refractivity contribution in [2.24, 2.45) is 9.98 Å². The third kappa shape index (κ3) is 4.26. The van der Waals surface area contributed by atoms with Crippen molar-refractivity contribution in [1.82, 2.24) is 9.80 Å². The molecule has 1 unspecified atom stereocenters. The Hall–Kier alpha value is -2.28. The molecule has 3 amide bonds. The Morgan fingerprint density at radius 1 is 1.13 bits per heavy atom. The van der Waals surface area contributed by atoms with Crippen molar-refractivity contribution < 1.29 is 14.1 Å². The lowest BCUT2D eigenvalue weighted by Crippen LogP contribution is -2.59. The van der Waals surface area contributed by atoms with Gasteiger partial charge in [-0.1, -0.05) is 25.8 Å². The number of likely N-dealkylation sites (N-methyl/N-ethyl adjacent to an activating group) is 1. The van der Waals surface area contributed by atoms with Crippen molar-refractivity contribution in [3.63, 3.8) is 0 Å². The number of aliphatic imine (C=N–C) groups is 2. The summed E-state index contributed by atoms with van der Waals surface area (Å²) in [6.45, 7) is 11.3. The molecule has 30 heavy (non-hydrogen) atoms. The molecule has 0 saturated heterocycles. The van der Waals surface area contributed by atoms with Gasteiger partial charge in [-0.05, 0) is 44.8 Å². The molecule has 1 aliphatic carbocycles. The molecule has 0 saturated carbocycles. The molecule has 0 fully saturated rings. The highest BCUT2D eigenvalue weighted by molar-refractivity contribution is 6.69. The Kier molecular flexibility index (Phi) is 6.60. The van der Waals surface area contributed by atoms with Crippen LogP contribution < -0.4 is 0 Å². The molecule has 0 spiro atoms. The average molecular weight is 415 g/mol. The molecule has 2 aliphatic heterocycles. The van der Waals surface area contributed by atoms with Crippen molar-refractivity contribution in [1.29, 1.82) is 0 Å². The van der Waals surface area contributed by atoms with E-state index in [9.17, 15) is 9.59 Å². The second-order valence-electron chi connectivity index (χ2n) is 9.09. The van der Waals surface area contributed by atoms with Gasteiger partial charge in [0.2, 0.25) is 0 Å². The highest BCUT2D eigenvalue weighted by atomic mass is 16.2. The number of carbonyl (C=O) groups excluding carboxylic acids is 2. The van der Waals surface area contributed by atoms with E-state index in [4.69, 9.17) is 4.99 Å². The van der Waals surface area contributed by atoms with Gasteiger partial charge in [-0.25, -0.2) is 9.79 Å². The number of urea groups is 1. The van der Waals surface area contributed by atoms with E-state index >= 15 is 0 Å². The number of amides is 3. The normalized spacial score (nSPS) is 21.9. The Morgan fingerprint density at radius 2 is 1.87 bits per heavy atom. The lowest BCUT2D eigenvalue weighted by molar-refractivity contribution is -0.887. The van der Waals surface area contributed by atoms with Crippen LogP contribution in [0.25, 0.3) is 0 Å². The predicted molar refractivity (Wildman–Crippen MR) is 121 cm³/mol. The van der Waals surface area contributed by atoms with Crippen LogP contribution in [0.1, 0.15) is 53.4 Å². The number of nitrogens with zero attached hydrogens (tertiary/aromatic N) is 5. The van der Waals surface area contributed by atoms with Crippen molar-refractivity contribution in [3.05, 3.63) is 22.9 Å². The summed E-state index contributed by atoms with van der Waals surface area (Å²) in [5, 5.41) is 0. The van der Waals surface area contributed by atoms with Crippen molar-refractivity contribution >= 4 is 23.5 Å². The molecule has 164 valence electrons. The van der Waals surface area contributed by atoms with Crippen molar-refractivity contribution in [3.8, 4) is 0 Å². The van der Waals surface area contributed by atoms with E-state index in [2.05, 4.69) is 57.8 Å². The van der Waals surface area contributed by atoms with Gasteiger partial charge in [0, 0.05) is 6.54 Å². The van der Waals surface area contributed by atoms with Gasteiger partial charge < -0.3 is 9.38 Å². The van der Waals surface area contributed by atoms with Crippen LogP contribution in [0.2, 0.25) is 0 Å². The van der Waals surface area contributed by atoms with E-state index in [-0.39, 0.29) is 11.9 Å². The summed E-state index contributed by atoms with van der Waals surface area (Å²) < 4.78 is 0.736. The van der Waals surface area contributed by atoms with Crippen molar-refractivity contribution in [2.75, 3.05) is 40.3 Å². The van der Waals surface area contributed by atoms with Gasteiger partial charge in [0.25, 0.3) is 5.91 Å². The zero-order valence-corrected chi connectivity index (χ0v) is 19.4. The van der Waals surface area contributed by atoms with Crippen LogP contribution in [0.4, 0.5) is 4.79 Å². The van der Waals surface area contributed by atoms with Gasteiger partial charge in [0.15, 0.2) is 11.5 Å². The first kappa shape index (κ1) is 22.4. The molecule has 7 nitrogen and oxygen atoms in total. The Labute approximate surface area is 180 Å². The van der Waals surface area contributed by atoms with Gasteiger partial charge in [-0.2, -0.15) is 4.99 Å². The summed E-state index contributed by atoms with van der Waals surface area (Å²) in [7, 11) is 4.19. The van der Waals surface area contributed by atoms with E-state index in [1.165, 1.54) is 16.0 Å². The van der Waals surface area contributed by atoms with Gasteiger partial charge in [0.05, 0.1) is 45.5 Å². The maximum absolute atomic E-state index is 13.3. The first-order valence-electron chi connectivity index (χ1n) is 11.2. The smallest absolute Gasteiger partial charge is 0.346 e. The van der Waals surface area contributed by atoms with Crippen LogP contribution in [0.5, 0.6) is 0 Å². The predicted octanol–water partition coefficient (Wildman–Crippen LogP) is 3.38. The number of unbranched alkanes of at least 4 members (excludes halogenated alkanes) is 1. The Bertz CT molecular complexity index is 850. The van der Waals surface area contributed by atoms with E-state index in [0.29, 0.717) is 24.6 Å². The molecule has 0 bridgehead atoms. The number of amidine groups is 1. The third-order valence-corrected chi connectivity index (χ3v) is 6.65. The molecule has 0 aromatic rings. The van der Waals surface area contributed by atoms with Crippen LogP contribution in [0.15, 0.2) is 32.9 Å². The largest absolute Gasteiger partial charge is 0.352 e. The lowest BCUT2D eigenvalue weighted by atomic mass is 9.88. The molecule has 1 atom stereocenters. The fourth-order valence-electron chi connectivity index (χ4n) is 4.12. The second-order valence-corrected chi connectivity index (χ2v) is 9.09. The molecule has 7 heteroatoms. The monoisotopic (exact) mass is 414 g/mol. The highest BCUT2D eigenvalue weighted by Gasteiger charge is 2.43. The lowest BCUT2D eigenvalue weighted by Gasteiger charge is -2.42. The fraction of sp³-hybridized carbons (Fsp3) is 0.652. The van der Waals surface area contributed by atoms with Gasteiger partial charge in [-0.15, -0.1) is 0 Å². The Balaban J connectivity index is 1.98. The molecule has 0 radical (unpaired) electrons. The molecular formula is C23H36N5O2+. The van der Waals surface area contributed by atoms with Gasteiger partial charge in [0.1, 0.15) is 0 Å². The molecule has 0 aromatic heterocycles. The molecule has 0 N–H and O–H groups in total. The number of carbonyl (C=O) groups is 2. The number of allylic oxidation sites excluding steroid dienone is 2. The van der Waals surface area contributed by atoms with E-state index in [0.717, 1.165) is 49.0 Å². The molecular weight excluding hydrogens is 378 g/mol. The van der Waals surface area contributed by atoms with Crippen LogP contribution in [0.3, 0.4) is 0 Å². The minimum atomic E-state index is -0.461. The SMILES string of the molecule is CCCCN1C2=NC(=O)N(CC[N+](C)(C)CC)C(=O)C2=NC2=CC(C)=C(CC)CC21. The number of fused-ring (bicyclic) bond motifs is 2. The van der Waals surface area contributed by atoms with Gasteiger partial charge in [-0.3, -0.25) is 9.69 Å². The molecule has 0 aromatic carbocycles. The van der Waals surface area contributed by atoms with Crippen LogP contribution in [-0.2, 0) is 4.79 Å². The first-order chi connectivity index (χ1) is 14.2. The summed E-state index contributed by atoms with van der Waals surface area (Å²) in [6.07, 6.45) is 6.00. The molecule has 2 heterocycles. The van der Waals surface area contributed by atoms with Crippen LogP contribution in [-0.4, -0.2) is 84.1 Å². The van der Waals surface area contributed by atoms with E-state index < -0.39 is 6.03 Å². The first-order valence-corrected chi connectivity index (χ1v) is 11.2. The highest BCUT2D eigenvalue weighted by Crippen LogP contribution is 2.34. The Morgan fingerprint density at radius 3 is 2.50 bits per heavy atom. The number of hydrogen-bond acceptors (Lipinski definition) is 4. The molecule has 3 rings (SSSR count). The number of imide groups is 1. The third-order valence-electron chi connectivity index (χ3n) is 6.65. The fourth-order valence-corrected chi connectivity index (χ4v) is 4.12. The average Bonchev–Trinajstić information content (AvgIpc) is 2.71. The topological polar surface area (TPSA) is 65.3 Å². The maximum atomic E-state index is 13.3. The summed E-state index contributed by atoms with van der Waals surface area (Å²) >= 11 is 0. The maximum Gasteiger partial charge on any atom is 0.352 e.